The Kier molecular flexibility index (Phi) is 6.54. The van der Waals surface area contributed by atoms with Crippen molar-refractivity contribution in [3.05, 3.63) is 53.7 Å². The van der Waals surface area contributed by atoms with Gasteiger partial charge < -0.3 is 9.84 Å². The summed E-state index contributed by atoms with van der Waals surface area (Å²) in [5.74, 6) is -0.723. The third-order valence-corrected chi connectivity index (χ3v) is 7.85. The number of aromatic nitrogens is 2. The molecule has 0 saturated carbocycles. The molecule has 0 aliphatic carbocycles. The van der Waals surface area contributed by atoms with E-state index in [-0.39, 0.29) is 10.6 Å². The molecule has 0 unspecified atom stereocenters. The fraction of sp³-hybridized carbons (Fsp3) is 0.391. The maximum atomic E-state index is 14.0. The predicted octanol–water partition coefficient (Wildman–Crippen LogP) is 3.94. The number of ether oxygens (including phenoxy) is 1. The number of halogens is 3. The smallest absolute Gasteiger partial charge is 0.405 e. The van der Waals surface area contributed by atoms with Gasteiger partial charge in [0.1, 0.15) is 11.8 Å². The molecular weight excluding hydrogens is 487 g/mol. The molecule has 35 heavy (non-hydrogen) atoms. The normalized spacial score (nSPS) is 19.3. The molecule has 2 heterocycles. The van der Waals surface area contributed by atoms with Crippen molar-refractivity contribution < 1.29 is 36.2 Å². The van der Waals surface area contributed by atoms with Gasteiger partial charge >= 0.3 is 12.1 Å². The number of benzene rings is 2. The third kappa shape index (κ3) is 4.85. The van der Waals surface area contributed by atoms with E-state index in [0.717, 1.165) is 5.56 Å². The maximum absolute atomic E-state index is 14.0. The SMILES string of the molecule is CCOc1ccc(S(=O)(=O)N2C[C@H](n3nc(CC(=O)O)c4ccc(C)cc43)C[C@@H]2C(F)(F)F)cc1. The molecule has 3 aromatic rings. The first-order valence-corrected chi connectivity index (χ1v) is 12.4. The van der Waals surface area contributed by atoms with Crippen LogP contribution in [0, 0.1) is 6.92 Å². The molecule has 188 valence electrons. The average molecular weight is 512 g/mol. The molecule has 0 radical (unpaired) electrons. The minimum atomic E-state index is -4.81. The van der Waals surface area contributed by atoms with Crippen LogP contribution in [0.5, 0.6) is 5.75 Å². The fourth-order valence-corrected chi connectivity index (χ4v) is 6.06. The van der Waals surface area contributed by atoms with Crippen LogP contribution in [0.4, 0.5) is 13.2 Å². The quantitative estimate of drug-likeness (QED) is 0.516. The second kappa shape index (κ2) is 9.15. The van der Waals surface area contributed by atoms with E-state index < -0.39 is 53.6 Å². The van der Waals surface area contributed by atoms with Crippen LogP contribution in [0.15, 0.2) is 47.4 Å². The van der Waals surface area contributed by atoms with E-state index in [1.807, 2.05) is 0 Å². The molecule has 12 heteroatoms. The Hall–Kier alpha value is -3.12. The van der Waals surface area contributed by atoms with Crippen molar-refractivity contribution in [2.24, 2.45) is 0 Å². The summed E-state index contributed by atoms with van der Waals surface area (Å²) in [7, 11) is -4.49. The summed E-state index contributed by atoms with van der Waals surface area (Å²) in [5.41, 5.74) is 1.49. The average Bonchev–Trinajstić information content (AvgIpc) is 3.36. The summed E-state index contributed by atoms with van der Waals surface area (Å²) < 4.78 is 75.8. The van der Waals surface area contributed by atoms with Crippen molar-refractivity contribution in [1.82, 2.24) is 14.1 Å². The van der Waals surface area contributed by atoms with Crippen LogP contribution in [0.1, 0.15) is 30.6 Å². The van der Waals surface area contributed by atoms with Crippen LogP contribution >= 0.6 is 0 Å². The summed E-state index contributed by atoms with van der Waals surface area (Å²) >= 11 is 0. The first-order chi connectivity index (χ1) is 16.4. The van der Waals surface area contributed by atoms with E-state index in [4.69, 9.17) is 4.74 Å². The molecule has 2 aromatic carbocycles. The predicted molar refractivity (Wildman–Crippen MR) is 121 cm³/mol. The monoisotopic (exact) mass is 511 g/mol. The van der Waals surface area contributed by atoms with Gasteiger partial charge in [-0.1, -0.05) is 12.1 Å². The summed E-state index contributed by atoms with van der Waals surface area (Å²) in [6.07, 6.45) is -5.76. The highest BCUT2D eigenvalue weighted by Crippen LogP contribution is 2.41. The number of carboxylic acids is 1. The maximum Gasteiger partial charge on any atom is 0.405 e. The molecule has 2 atom stereocenters. The summed E-state index contributed by atoms with van der Waals surface area (Å²) in [6.45, 7) is 3.45. The lowest BCUT2D eigenvalue weighted by atomic mass is 10.1. The number of sulfonamides is 1. The Morgan fingerprint density at radius 2 is 1.89 bits per heavy atom. The molecule has 0 bridgehead atoms. The second-order valence-corrected chi connectivity index (χ2v) is 10.3. The van der Waals surface area contributed by atoms with E-state index in [1.54, 1.807) is 32.0 Å². The standard InChI is InChI=1S/C23H24F3N3O5S/c1-3-34-16-5-7-17(8-6-16)35(32,33)28-13-15(11-21(28)23(24,25)26)29-20-10-14(2)4-9-18(20)19(27-29)12-22(30)31/h4-10,15,21H,3,11-13H2,1-2H3,(H,30,31)/t15-,21-/m1/s1. The highest BCUT2D eigenvalue weighted by atomic mass is 32.2. The van der Waals surface area contributed by atoms with Crippen LogP contribution in [0.3, 0.4) is 0 Å². The molecule has 0 amide bonds. The fourth-order valence-electron chi connectivity index (χ4n) is 4.40. The molecule has 4 rings (SSSR count). The lowest BCUT2D eigenvalue weighted by Gasteiger charge is -2.25. The van der Waals surface area contributed by atoms with Crippen LogP contribution < -0.4 is 4.74 Å². The number of aliphatic carboxylic acids is 1. The Morgan fingerprint density at radius 1 is 1.20 bits per heavy atom. The van der Waals surface area contributed by atoms with Crippen LogP contribution in [0.2, 0.25) is 0 Å². The van der Waals surface area contributed by atoms with E-state index in [0.29, 0.717) is 27.6 Å². The van der Waals surface area contributed by atoms with Gasteiger partial charge in [0.15, 0.2) is 0 Å². The van der Waals surface area contributed by atoms with Crippen molar-refractivity contribution in [3.63, 3.8) is 0 Å². The van der Waals surface area contributed by atoms with Gasteiger partial charge in [0.25, 0.3) is 0 Å². The number of rotatable bonds is 7. The molecular formula is C23H24F3N3O5S. The zero-order valence-corrected chi connectivity index (χ0v) is 19.8. The van der Waals surface area contributed by atoms with Gasteiger partial charge in [-0.05, 0) is 56.2 Å². The van der Waals surface area contributed by atoms with Crippen molar-refractivity contribution in [2.45, 2.75) is 49.8 Å². The minimum absolute atomic E-state index is 0.212. The van der Waals surface area contributed by atoms with Gasteiger partial charge in [0, 0.05) is 11.9 Å². The van der Waals surface area contributed by atoms with Crippen LogP contribution in [-0.2, 0) is 21.2 Å². The van der Waals surface area contributed by atoms with Gasteiger partial charge in [-0.15, -0.1) is 0 Å². The van der Waals surface area contributed by atoms with Gasteiger partial charge in [-0.25, -0.2) is 8.42 Å². The molecule has 1 saturated heterocycles. The van der Waals surface area contributed by atoms with Gasteiger partial charge in [0.05, 0.1) is 35.2 Å². The molecule has 1 aliphatic rings. The lowest BCUT2D eigenvalue weighted by molar-refractivity contribution is -0.165. The topological polar surface area (TPSA) is 102 Å². The first-order valence-electron chi connectivity index (χ1n) is 10.9. The summed E-state index contributed by atoms with van der Waals surface area (Å²) in [5, 5.41) is 14.1. The number of carbonyl (C=O) groups is 1. The summed E-state index contributed by atoms with van der Waals surface area (Å²) in [4.78, 5) is 11.0. The zero-order chi connectivity index (χ0) is 25.5. The Labute approximate surface area is 200 Å². The Bertz CT molecular complexity index is 1350. The number of alkyl halides is 3. The van der Waals surface area contributed by atoms with Gasteiger partial charge in [-0.2, -0.15) is 22.6 Å². The van der Waals surface area contributed by atoms with E-state index in [1.165, 1.54) is 28.9 Å². The third-order valence-electron chi connectivity index (χ3n) is 5.96. The van der Waals surface area contributed by atoms with E-state index >= 15 is 0 Å². The largest absolute Gasteiger partial charge is 0.494 e. The van der Waals surface area contributed by atoms with Crippen molar-refractivity contribution in [1.29, 1.82) is 0 Å². The van der Waals surface area contributed by atoms with E-state index in [9.17, 15) is 31.5 Å². The number of carboxylic acid groups (broad SMARTS) is 1. The van der Waals surface area contributed by atoms with Crippen molar-refractivity contribution in [3.8, 4) is 5.75 Å². The number of hydrogen-bond donors (Lipinski definition) is 1. The highest BCUT2D eigenvalue weighted by Gasteiger charge is 2.54. The minimum Gasteiger partial charge on any atom is -0.494 e. The zero-order valence-electron chi connectivity index (χ0n) is 19.0. The number of fused-ring (bicyclic) bond motifs is 1. The molecule has 0 spiro atoms. The molecule has 1 aromatic heterocycles. The highest BCUT2D eigenvalue weighted by molar-refractivity contribution is 7.89. The number of aryl methyl sites for hydroxylation is 1. The molecule has 1 aliphatic heterocycles. The van der Waals surface area contributed by atoms with Crippen LogP contribution in [-0.4, -0.2) is 58.9 Å². The van der Waals surface area contributed by atoms with Crippen LogP contribution in [0.25, 0.3) is 10.9 Å². The van der Waals surface area contributed by atoms with Gasteiger partial charge in [-0.3, -0.25) is 9.48 Å². The van der Waals surface area contributed by atoms with Crippen molar-refractivity contribution >= 4 is 26.9 Å². The van der Waals surface area contributed by atoms with Crippen molar-refractivity contribution in [2.75, 3.05) is 13.2 Å². The molecule has 1 N–H and O–H groups in total. The number of nitrogens with zero attached hydrogens (tertiary/aromatic N) is 3. The number of hydrogen-bond acceptors (Lipinski definition) is 5. The second-order valence-electron chi connectivity index (χ2n) is 8.41. The first kappa shape index (κ1) is 25.0. The lowest BCUT2D eigenvalue weighted by Crippen LogP contribution is -2.44. The molecule has 1 fully saturated rings. The molecule has 8 nitrogen and oxygen atoms in total. The van der Waals surface area contributed by atoms with Gasteiger partial charge in [0.2, 0.25) is 10.0 Å². The Balaban J connectivity index is 1.75. The Morgan fingerprint density at radius 3 is 2.49 bits per heavy atom. The van der Waals surface area contributed by atoms with E-state index in [2.05, 4.69) is 5.10 Å². The summed E-state index contributed by atoms with van der Waals surface area (Å²) in [6, 6.07) is 7.19.